The Morgan fingerprint density at radius 1 is 1.25 bits per heavy atom. The number of esters is 1. The molecule has 0 N–H and O–H groups in total. The van der Waals surface area contributed by atoms with E-state index in [0.29, 0.717) is 13.0 Å². The zero-order valence-electron chi connectivity index (χ0n) is 10.8. The summed E-state index contributed by atoms with van der Waals surface area (Å²) in [6, 6.07) is 0. The van der Waals surface area contributed by atoms with Gasteiger partial charge in [0.05, 0.1) is 6.61 Å². The SMILES string of the molecule is CCCC(=O)OCCCC1CCC(CC)C1. The Kier molecular flexibility index (Phi) is 6.51. The monoisotopic (exact) mass is 226 g/mol. The Morgan fingerprint density at radius 3 is 2.62 bits per heavy atom. The van der Waals surface area contributed by atoms with Gasteiger partial charge in [-0.1, -0.05) is 33.1 Å². The predicted molar refractivity (Wildman–Crippen MR) is 66.2 cm³/mol. The van der Waals surface area contributed by atoms with E-state index in [0.717, 1.165) is 24.7 Å². The maximum Gasteiger partial charge on any atom is 0.305 e. The third kappa shape index (κ3) is 5.00. The molecule has 0 bridgehead atoms. The van der Waals surface area contributed by atoms with Crippen molar-refractivity contribution in [2.75, 3.05) is 6.61 Å². The fourth-order valence-electron chi connectivity index (χ4n) is 2.65. The van der Waals surface area contributed by atoms with Crippen LogP contribution in [0.15, 0.2) is 0 Å². The summed E-state index contributed by atoms with van der Waals surface area (Å²) in [5.74, 6) is 1.84. The van der Waals surface area contributed by atoms with Crippen LogP contribution in [0, 0.1) is 11.8 Å². The topological polar surface area (TPSA) is 26.3 Å². The Labute approximate surface area is 99.8 Å². The lowest BCUT2D eigenvalue weighted by Crippen LogP contribution is -2.06. The van der Waals surface area contributed by atoms with Crippen molar-refractivity contribution in [1.29, 1.82) is 0 Å². The minimum Gasteiger partial charge on any atom is -0.466 e. The number of carbonyl (C=O) groups is 1. The van der Waals surface area contributed by atoms with E-state index in [1.807, 2.05) is 6.92 Å². The summed E-state index contributed by atoms with van der Waals surface area (Å²) < 4.78 is 5.16. The Bertz CT molecular complexity index is 201. The lowest BCUT2D eigenvalue weighted by molar-refractivity contribution is -0.143. The van der Waals surface area contributed by atoms with Crippen molar-refractivity contribution in [3.05, 3.63) is 0 Å². The van der Waals surface area contributed by atoms with Crippen LogP contribution in [0.1, 0.15) is 65.2 Å². The van der Waals surface area contributed by atoms with E-state index in [1.54, 1.807) is 0 Å². The van der Waals surface area contributed by atoms with Crippen molar-refractivity contribution in [2.45, 2.75) is 65.2 Å². The summed E-state index contributed by atoms with van der Waals surface area (Å²) in [6.07, 6.45) is 9.30. The molecular weight excluding hydrogens is 200 g/mol. The van der Waals surface area contributed by atoms with Crippen LogP contribution in [-0.2, 0) is 9.53 Å². The normalized spacial score (nSPS) is 24.6. The largest absolute Gasteiger partial charge is 0.466 e. The Balaban J connectivity index is 1.97. The number of ether oxygens (including phenoxy) is 1. The fourth-order valence-corrected chi connectivity index (χ4v) is 2.65. The van der Waals surface area contributed by atoms with Gasteiger partial charge in [0.1, 0.15) is 0 Å². The maximum atomic E-state index is 11.1. The van der Waals surface area contributed by atoms with Crippen molar-refractivity contribution in [3.8, 4) is 0 Å². The first-order chi connectivity index (χ1) is 7.76. The maximum absolute atomic E-state index is 11.1. The molecule has 0 heterocycles. The molecule has 0 aromatic heterocycles. The highest BCUT2D eigenvalue weighted by atomic mass is 16.5. The van der Waals surface area contributed by atoms with Gasteiger partial charge in [0.25, 0.3) is 0 Å². The molecule has 1 rings (SSSR count). The van der Waals surface area contributed by atoms with Gasteiger partial charge in [0.2, 0.25) is 0 Å². The predicted octanol–water partition coefficient (Wildman–Crippen LogP) is 3.94. The van der Waals surface area contributed by atoms with Crippen LogP contribution >= 0.6 is 0 Å². The second-order valence-electron chi connectivity index (χ2n) is 5.07. The van der Waals surface area contributed by atoms with Gasteiger partial charge in [0, 0.05) is 6.42 Å². The molecular formula is C14H26O2. The van der Waals surface area contributed by atoms with Crippen molar-refractivity contribution in [1.82, 2.24) is 0 Å². The molecule has 16 heavy (non-hydrogen) atoms. The van der Waals surface area contributed by atoms with Crippen LogP contribution in [-0.4, -0.2) is 12.6 Å². The smallest absolute Gasteiger partial charge is 0.305 e. The van der Waals surface area contributed by atoms with Crippen LogP contribution in [0.2, 0.25) is 0 Å². The molecule has 94 valence electrons. The van der Waals surface area contributed by atoms with E-state index >= 15 is 0 Å². The molecule has 0 aliphatic heterocycles. The summed E-state index contributed by atoms with van der Waals surface area (Å²) in [5.41, 5.74) is 0. The Morgan fingerprint density at radius 2 is 2.00 bits per heavy atom. The van der Waals surface area contributed by atoms with Crippen LogP contribution < -0.4 is 0 Å². The van der Waals surface area contributed by atoms with E-state index in [9.17, 15) is 4.79 Å². The molecule has 0 aromatic rings. The number of rotatable bonds is 7. The van der Waals surface area contributed by atoms with E-state index in [-0.39, 0.29) is 5.97 Å². The first kappa shape index (κ1) is 13.5. The van der Waals surface area contributed by atoms with Gasteiger partial charge in [-0.25, -0.2) is 0 Å². The lowest BCUT2D eigenvalue weighted by Gasteiger charge is -2.10. The Hall–Kier alpha value is -0.530. The van der Waals surface area contributed by atoms with Crippen molar-refractivity contribution in [3.63, 3.8) is 0 Å². The van der Waals surface area contributed by atoms with Gasteiger partial charge in [-0.05, 0) is 37.5 Å². The molecule has 0 saturated heterocycles. The third-order valence-corrected chi connectivity index (χ3v) is 3.70. The van der Waals surface area contributed by atoms with E-state index in [4.69, 9.17) is 4.74 Å². The van der Waals surface area contributed by atoms with Gasteiger partial charge in [-0.3, -0.25) is 4.79 Å². The molecule has 2 unspecified atom stereocenters. The van der Waals surface area contributed by atoms with Crippen LogP contribution in [0.3, 0.4) is 0 Å². The molecule has 2 atom stereocenters. The first-order valence-corrected chi connectivity index (χ1v) is 6.91. The van der Waals surface area contributed by atoms with Crippen LogP contribution in [0.5, 0.6) is 0 Å². The first-order valence-electron chi connectivity index (χ1n) is 6.91. The minimum absolute atomic E-state index is 0.0274. The average molecular weight is 226 g/mol. The summed E-state index contributed by atoms with van der Waals surface area (Å²) >= 11 is 0. The van der Waals surface area contributed by atoms with Gasteiger partial charge >= 0.3 is 5.97 Å². The van der Waals surface area contributed by atoms with Gasteiger partial charge < -0.3 is 4.74 Å². The van der Waals surface area contributed by atoms with Gasteiger partial charge in [-0.15, -0.1) is 0 Å². The molecule has 0 radical (unpaired) electrons. The fraction of sp³-hybridized carbons (Fsp3) is 0.929. The highest BCUT2D eigenvalue weighted by Gasteiger charge is 2.22. The molecule has 2 heteroatoms. The zero-order chi connectivity index (χ0) is 11.8. The van der Waals surface area contributed by atoms with E-state index in [1.165, 1.54) is 32.1 Å². The van der Waals surface area contributed by atoms with E-state index < -0.39 is 0 Å². The molecule has 1 aliphatic carbocycles. The van der Waals surface area contributed by atoms with E-state index in [2.05, 4.69) is 6.92 Å². The highest BCUT2D eigenvalue weighted by Crippen LogP contribution is 2.35. The van der Waals surface area contributed by atoms with Gasteiger partial charge in [-0.2, -0.15) is 0 Å². The van der Waals surface area contributed by atoms with Crippen LogP contribution in [0.4, 0.5) is 0 Å². The lowest BCUT2D eigenvalue weighted by atomic mass is 9.99. The standard InChI is InChI=1S/C14H26O2/c1-3-6-14(15)16-10-5-7-13-9-8-12(4-2)11-13/h12-13H,3-11H2,1-2H3. The third-order valence-electron chi connectivity index (χ3n) is 3.70. The van der Waals surface area contributed by atoms with Crippen molar-refractivity contribution < 1.29 is 9.53 Å². The molecule has 0 aromatic carbocycles. The van der Waals surface area contributed by atoms with Crippen molar-refractivity contribution in [2.24, 2.45) is 11.8 Å². The minimum atomic E-state index is -0.0274. The number of carbonyl (C=O) groups excluding carboxylic acids is 1. The average Bonchev–Trinajstić information content (AvgIpc) is 2.73. The molecule has 2 nitrogen and oxygen atoms in total. The summed E-state index contributed by atoms with van der Waals surface area (Å²) in [4.78, 5) is 11.1. The quantitative estimate of drug-likeness (QED) is 0.485. The zero-order valence-corrected chi connectivity index (χ0v) is 10.8. The van der Waals surface area contributed by atoms with Gasteiger partial charge in [0.15, 0.2) is 0 Å². The summed E-state index contributed by atoms with van der Waals surface area (Å²) in [6.45, 7) is 4.93. The van der Waals surface area contributed by atoms with Crippen molar-refractivity contribution >= 4 is 5.97 Å². The molecule has 1 fully saturated rings. The molecule has 1 aliphatic rings. The number of hydrogen-bond acceptors (Lipinski definition) is 2. The summed E-state index contributed by atoms with van der Waals surface area (Å²) in [5, 5.41) is 0. The second-order valence-corrected chi connectivity index (χ2v) is 5.07. The highest BCUT2D eigenvalue weighted by molar-refractivity contribution is 5.69. The molecule has 0 amide bonds. The van der Waals surface area contributed by atoms with Crippen LogP contribution in [0.25, 0.3) is 0 Å². The summed E-state index contributed by atoms with van der Waals surface area (Å²) in [7, 11) is 0. The molecule has 0 spiro atoms. The second kappa shape index (κ2) is 7.70. The molecule has 1 saturated carbocycles. The number of hydrogen-bond donors (Lipinski definition) is 0.